The third-order valence-corrected chi connectivity index (χ3v) is 5.32. The van der Waals surface area contributed by atoms with E-state index < -0.39 is 6.10 Å². The second kappa shape index (κ2) is 8.04. The summed E-state index contributed by atoms with van der Waals surface area (Å²) in [5.41, 5.74) is 1.57. The molecule has 3 aromatic rings. The number of hydrogen-bond acceptors (Lipinski definition) is 8. The van der Waals surface area contributed by atoms with Crippen LogP contribution in [0.2, 0.25) is 0 Å². The number of nitrogens with zero attached hydrogens (tertiary/aromatic N) is 4. The van der Waals surface area contributed by atoms with Crippen molar-refractivity contribution in [2.24, 2.45) is 5.92 Å². The topological polar surface area (TPSA) is 114 Å². The van der Waals surface area contributed by atoms with Crippen molar-refractivity contribution in [3.63, 3.8) is 0 Å². The Bertz CT molecular complexity index is 1030. The van der Waals surface area contributed by atoms with Gasteiger partial charge in [0.15, 0.2) is 11.4 Å². The zero-order valence-corrected chi connectivity index (χ0v) is 16.4. The summed E-state index contributed by atoms with van der Waals surface area (Å²) in [5.74, 6) is 1.60. The predicted octanol–water partition coefficient (Wildman–Crippen LogP) is 2.65. The number of nitrogens with one attached hydrogen (secondary N) is 2. The van der Waals surface area contributed by atoms with Crippen molar-refractivity contribution in [1.29, 1.82) is 0 Å². The lowest BCUT2D eigenvalue weighted by Crippen LogP contribution is -2.17. The second-order valence-corrected chi connectivity index (χ2v) is 7.14. The molecule has 4 rings (SSSR count). The van der Waals surface area contributed by atoms with Crippen LogP contribution in [0, 0.1) is 5.92 Å². The van der Waals surface area contributed by atoms with Gasteiger partial charge in [-0.2, -0.15) is 9.61 Å². The molecule has 0 aromatic carbocycles. The summed E-state index contributed by atoms with van der Waals surface area (Å²) in [5, 5.41) is 20.7. The fraction of sp³-hybridized carbons (Fsp3) is 0.400. The minimum atomic E-state index is -0.406. The maximum absolute atomic E-state index is 12.9. The first-order valence-electron chi connectivity index (χ1n) is 9.64. The number of pyridine rings is 1. The van der Waals surface area contributed by atoms with Crippen LogP contribution in [0.4, 0.5) is 17.3 Å². The number of aliphatic hydroxyl groups excluding tert-OH is 1. The van der Waals surface area contributed by atoms with Crippen LogP contribution in [0.15, 0.2) is 30.6 Å². The molecule has 1 saturated carbocycles. The highest BCUT2D eigenvalue weighted by molar-refractivity contribution is 6.01. The lowest BCUT2D eigenvalue weighted by atomic mass is 9.96. The van der Waals surface area contributed by atoms with Gasteiger partial charge in [0.05, 0.1) is 25.0 Å². The molecule has 1 fully saturated rings. The number of Topliss-reactive ketones (excluding diaryl/α,β-unsaturated/α-hetero) is 1. The Labute approximate surface area is 168 Å². The van der Waals surface area contributed by atoms with Gasteiger partial charge in [-0.25, -0.2) is 9.97 Å². The number of aromatic nitrogens is 4. The van der Waals surface area contributed by atoms with E-state index in [2.05, 4.69) is 25.7 Å². The quantitative estimate of drug-likeness (QED) is 0.522. The molecule has 0 aliphatic heterocycles. The van der Waals surface area contributed by atoms with Gasteiger partial charge in [-0.1, -0.05) is 6.42 Å². The Morgan fingerprint density at radius 1 is 1.41 bits per heavy atom. The van der Waals surface area contributed by atoms with Crippen molar-refractivity contribution in [3.05, 3.63) is 36.2 Å². The molecule has 0 unspecified atom stereocenters. The summed E-state index contributed by atoms with van der Waals surface area (Å²) in [6, 6.07) is 5.42. The van der Waals surface area contributed by atoms with Crippen LogP contribution in [0.3, 0.4) is 0 Å². The van der Waals surface area contributed by atoms with Crippen LogP contribution < -0.4 is 15.4 Å². The van der Waals surface area contributed by atoms with Crippen LogP contribution >= 0.6 is 0 Å². The molecule has 9 nitrogen and oxygen atoms in total. The Hall–Kier alpha value is -3.20. The third-order valence-electron chi connectivity index (χ3n) is 5.32. The summed E-state index contributed by atoms with van der Waals surface area (Å²) in [6.07, 6.45) is 5.66. The van der Waals surface area contributed by atoms with E-state index >= 15 is 0 Å². The highest BCUT2D eigenvalue weighted by Gasteiger charge is 2.29. The average molecular weight is 396 g/mol. The number of carbonyl (C=O) groups is 1. The summed E-state index contributed by atoms with van der Waals surface area (Å²) >= 11 is 0. The first kappa shape index (κ1) is 19.1. The van der Waals surface area contributed by atoms with Crippen molar-refractivity contribution in [2.45, 2.75) is 31.8 Å². The molecule has 29 heavy (non-hydrogen) atoms. The molecular weight excluding hydrogens is 372 g/mol. The van der Waals surface area contributed by atoms with E-state index in [9.17, 15) is 9.90 Å². The third kappa shape index (κ3) is 3.73. The molecule has 0 radical (unpaired) electrons. The van der Waals surface area contributed by atoms with E-state index in [1.807, 2.05) is 6.07 Å². The largest absolute Gasteiger partial charge is 0.480 e. The zero-order valence-electron chi connectivity index (χ0n) is 16.4. The normalized spacial score (nSPS) is 18.7. The van der Waals surface area contributed by atoms with Crippen molar-refractivity contribution < 1.29 is 14.6 Å². The second-order valence-electron chi connectivity index (χ2n) is 7.14. The number of methoxy groups -OCH3 is 1. The summed E-state index contributed by atoms with van der Waals surface area (Å²) in [6.45, 7) is 0. The predicted molar refractivity (Wildman–Crippen MR) is 109 cm³/mol. The molecule has 0 bridgehead atoms. The minimum Gasteiger partial charge on any atom is -0.480 e. The van der Waals surface area contributed by atoms with Crippen LogP contribution in [-0.2, 0) is 0 Å². The number of hydrogen-bond donors (Lipinski definition) is 3. The fourth-order valence-corrected chi connectivity index (χ4v) is 3.79. The van der Waals surface area contributed by atoms with Gasteiger partial charge >= 0.3 is 0 Å². The maximum Gasteiger partial charge on any atom is 0.237 e. The molecule has 1 aliphatic carbocycles. The van der Waals surface area contributed by atoms with Crippen LogP contribution in [0.5, 0.6) is 5.88 Å². The highest BCUT2D eigenvalue weighted by Crippen LogP contribution is 2.31. The van der Waals surface area contributed by atoms with E-state index in [4.69, 9.17) is 4.74 Å². The van der Waals surface area contributed by atoms with Gasteiger partial charge in [0.1, 0.15) is 17.3 Å². The standard InChI is InChI=1S/C20H24N6O3/c1-21-18-10-17(24-14-6-4-8-22-20(14)29-2)25-19-13(11-23-26(18)19)16(28)9-12-5-3-7-15(12)27/h4,6,8,10-12,15,21,27H,3,5,7,9H2,1-2H3,(H,24,25)/t12-,15+/m1/s1. The van der Waals surface area contributed by atoms with Gasteiger partial charge in [0.2, 0.25) is 5.88 Å². The SMILES string of the molecule is CNc1cc(Nc2cccnc2OC)nc2c(C(=O)C[C@H]3CCC[C@@H]3O)cnn12. The highest BCUT2D eigenvalue weighted by atomic mass is 16.5. The number of ether oxygens (including phenoxy) is 1. The molecule has 152 valence electrons. The molecule has 9 heteroatoms. The summed E-state index contributed by atoms with van der Waals surface area (Å²) < 4.78 is 6.88. The minimum absolute atomic E-state index is 0.00202. The number of aliphatic hydroxyl groups is 1. The first-order valence-corrected chi connectivity index (χ1v) is 9.64. The van der Waals surface area contributed by atoms with Gasteiger partial charge in [0.25, 0.3) is 0 Å². The number of fused-ring (bicyclic) bond motifs is 1. The smallest absolute Gasteiger partial charge is 0.237 e. The molecule has 0 amide bonds. The first-order chi connectivity index (χ1) is 14.1. The number of carbonyl (C=O) groups excluding carboxylic acids is 1. The molecule has 0 spiro atoms. The van der Waals surface area contributed by atoms with Crippen LogP contribution in [0.25, 0.3) is 5.65 Å². The molecule has 3 N–H and O–H groups in total. The summed E-state index contributed by atoms with van der Waals surface area (Å²) in [4.78, 5) is 21.7. The van der Waals surface area contributed by atoms with Gasteiger partial charge in [-0.3, -0.25) is 4.79 Å². The van der Waals surface area contributed by atoms with Gasteiger partial charge in [-0.05, 0) is 30.9 Å². The van der Waals surface area contributed by atoms with Gasteiger partial charge < -0.3 is 20.5 Å². The van der Waals surface area contributed by atoms with E-state index in [1.54, 1.807) is 43.2 Å². The Morgan fingerprint density at radius 2 is 2.28 bits per heavy atom. The number of ketones is 1. The van der Waals surface area contributed by atoms with Crippen molar-refractivity contribution in [2.75, 3.05) is 24.8 Å². The Balaban J connectivity index is 1.68. The van der Waals surface area contributed by atoms with E-state index in [0.717, 1.165) is 19.3 Å². The molecule has 3 heterocycles. The lowest BCUT2D eigenvalue weighted by Gasteiger charge is -2.13. The van der Waals surface area contributed by atoms with Gasteiger partial charge in [-0.15, -0.1) is 0 Å². The lowest BCUT2D eigenvalue weighted by molar-refractivity contribution is 0.0869. The molecule has 2 atom stereocenters. The number of anilines is 3. The van der Waals surface area contributed by atoms with E-state index in [1.165, 1.54) is 0 Å². The molecule has 1 aliphatic rings. The fourth-order valence-electron chi connectivity index (χ4n) is 3.79. The van der Waals surface area contributed by atoms with Crippen LogP contribution in [-0.4, -0.2) is 50.7 Å². The Kier molecular flexibility index (Phi) is 5.30. The van der Waals surface area contributed by atoms with E-state index in [0.29, 0.717) is 40.8 Å². The average Bonchev–Trinajstić information content (AvgIpc) is 3.34. The van der Waals surface area contributed by atoms with E-state index in [-0.39, 0.29) is 11.7 Å². The van der Waals surface area contributed by atoms with Crippen molar-refractivity contribution in [1.82, 2.24) is 19.6 Å². The summed E-state index contributed by atoms with van der Waals surface area (Å²) in [7, 11) is 3.33. The monoisotopic (exact) mass is 396 g/mol. The van der Waals surface area contributed by atoms with Crippen molar-refractivity contribution in [3.8, 4) is 5.88 Å². The Morgan fingerprint density at radius 3 is 3.00 bits per heavy atom. The van der Waals surface area contributed by atoms with Crippen molar-refractivity contribution >= 4 is 28.8 Å². The molecule has 0 saturated heterocycles. The number of rotatable bonds is 7. The molecular formula is C20H24N6O3. The van der Waals surface area contributed by atoms with Gasteiger partial charge in [0, 0.05) is 25.7 Å². The van der Waals surface area contributed by atoms with Crippen LogP contribution in [0.1, 0.15) is 36.0 Å². The maximum atomic E-state index is 12.9. The molecule has 3 aromatic heterocycles. The zero-order chi connectivity index (χ0) is 20.4.